The zero-order valence-electron chi connectivity index (χ0n) is 12.7. The largest absolute Gasteiger partial charge is 0.475 e. The molecule has 0 saturated carbocycles. The molecule has 120 valence electrons. The van der Waals surface area contributed by atoms with E-state index in [-0.39, 0.29) is 11.5 Å². The summed E-state index contributed by atoms with van der Waals surface area (Å²) >= 11 is 0. The second kappa shape index (κ2) is 7.84. The van der Waals surface area contributed by atoms with Gasteiger partial charge in [-0.05, 0) is 18.6 Å². The Morgan fingerprint density at radius 1 is 1.09 bits per heavy atom. The van der Waals surface area contributed by atoms with Crippen LogP contribution in [0.15, 0.2) is 35.8 Å². The Hall–Kier alpha value is -2.01. The molecule has 1 unspecified atom stereocenters. The number of unbranched alkanes of at least 4 members (excludes halogenated alkanes) is 4. The van der Waals surface area contributed by atoms with Crippen molar-refractivity contribution in [3.8, 4) is 11.5 Å². The molecule has 1 aliphatic rings. The van der Waals surface area contributed by atoms with Crippen molar-refractivity contribution in [1.29, 1.82) is 0 Å². The first-order valence-corrected chi connectivity index (χ1v) is 7.73. The van der Waals surface area contributed by atoms with Crippen LogP contribution in [-0.4, -0.2) is 22.3 Å². The maximum absolute atomic E-state index is 11.3. The molecule has 1 heterocycles. The number of rotatable bonds is 8. The van der Waals surface area contributed by atoms with Gasteiger partial charge in [0.05, 0.1) is 0 Å². The van der Waals surface area contributed by atoms with Crippen LogP contribution in [0.3, 0.4) is 0 Å². The topological polar surface area (TPSA) is 76.0 Å². The number of fused-ring (bicyclic) bond motifs is 1. The highest BCUT2D eigenvalue weighted by molar-refractivity contribution is 5.86. The molecule has 5 nitrogen and oxygen atoms in total. The predicted molar refractivity (Wildman–Crippen MR) is 81.7 cm³/mol. The third-order valence-electron chi connectivity index (χ3n) is 3.58. The number of benzene rings is 1. The van der Waals surface area contributed by atoms with Crippen molar-refractivity contribution in [2.75, 3.05) is 0 Å². The highest BCUT2D eigenvalue weighted by Crippen LogP contribution is 2.36. The average Bonchev–Trinajstić information content (AvgIpc) is 2.53. The van der Waals surface area contributed by atoms with Crippen molar-refractivity contribution in [3.63, 3.8) is 0 Å². The molecular formula is C17H22O5. The molecule has 1 aromatic carbocycles. The lowest BCUT2D eigenvalue weighted by molar-refractivity contribution is -0.135. The van der Waals surface area contributed by atoms with Crippen LogP contribution in [0, 0.1) is 0 Å². The lowest BCUT2D eigenvalue weighted by atomic mass is 10.1. The number of ether oxygens (including phenoxy) is 2. The minimum absolute atomic E-state index is 0.0123. The van der Waals surface area contributed by atoms with E-state index in [1.54, 1.807) is 24.3 Å². The van der Waals surface area contributed by atoms with E-state index in [1.807, 2.05) is 0 Å². The van der Waals surface area contributed by atoms with Crippen molar-refractivity contribution in [1.82, 2.24) is 0 Å². The summed E-state index contributed by atoms with van der Waals surface area (Å²) in [7, 11) is 0. The number of carbonyl (C=O) groups is 1. The van der Waals surface area contributed by atoms with Crippen LogP contribution in [0.2, 0.25) is 0 Å². The van der Waals surface area contributed by atoms with Crippen LogP contribution in [0.5, 0.6) is 11.5 Å². The number of aliphatic carboxylic acids is 1. The third kappa shape index (κ3) is 4.01. The third-order valence-corrected chi connectivity index (χ3v) is 3.58. The maximum Gasteiger partial charge on any atom is 0.375 e. The maximum atomic E-state index is 11.3. The summed E-state index contributed by atoms with van der Waals surface area (Å²) in [6.07, 6.45) is 4.77. The SMILES string of the molecule is CCCCCCCC(O)C1=C(C(=O)O)Oc2ccccc2O1. The van der Waals surface area contributed by atoms with Gasteiger partial charge in [0.15, 0.2) is 17.3 Å². The Morgan fingerprint density at radius 2 is 1.73 bits per heavy atom. The summed E-state index contributed by atoms with van der Waals surface area (Å²) in [4.78, 5) is 11.3. The minimum atomic E-state index is -1.24. The van der Waals surface area contributed by atoms with E-state index >= 15 is 0 Å². The number of hydrogen-bond donors (Lipinski definition) is 2. The second-order valence-corrected chi connectivity index (χ2v) is 5.37. The van der Waals surface area contributed by atoms with Gasteiger partial charge in [0.25, 0.3) is 5.76 Å². The van der Waals surface area contributed by atoms with Crippen molar-refractivity contribution in [2.45, 2.75) is 51.6 Å². The zero-order valence-corrected chi connectivity index (χ0v) is 12.7. The van der Waals surface area contributed by atoms with E-state index in [0.29, 0.717) is 17.9 Å². The van der Waals surface area contributed by atoms with E-state index in [4.69, 9.17) is 9.47 Å². The molecule has 0 saturated heterocycles. The monoisotopic (exact) mass is 306 g/mol. The van der Waals surface area contributed by atoms with E-state index in [1.165, 1.54) is 6.42 Å². The van der Waals surface area contributed by atoms with Crippen LogP contribution in [-0.2, 0) is 4.79 Å². The van der Waals surface area contributed by atoms with E-state index in [0.717, 1.165) is 25.7 Å². The van der Waals surface area contributed by atoms with E-state index in [2.05, 4.69) is 6.92 Å². The second-order valence-electron chi connectivity index (χ2n) is 5.37. The molecule has 2 N–H and O–H groups in total. The summed E-state index contributed by atoms with van der Waals surface area (Å²) in [6, 6.07) is 6.81. The molecule has 1 atom stereocenters. The Kier molecular flexibility index (Phi) is 5.83. The molecule has 5 heteroatoms. The summed E-state index contributed by atoms with van der Waals surface area (Å²) in [6.45, 7) is 2.14. The lowest BCUT2D eigenvalue weighted by Gasteiger charge is -2.24. The van der Waals surface area contributed by atoms with Gasteiger partial charge >= 0.3 is 5.97 Å². The van der Waals surface area contributed by atoms with Gasteiger partial charge in [0.2, 0.25) is 0 Å². The predicted octanol–water partition coefficient (Wildman–Crippen LogP) is 3.48. The number of aliphatic hydroxyl groups excluding tert-OH is 1. The minimum Gasteiger partial charge on any atom is -0.475 e. The standard InChI is InChI=1S/C17H22O5/c1-2-3-4-5-6-9-12(18)15-16(17(19)20)22-14-11-8-7-10-13(14)21-15/h7-8,10-12,18H,2-6,9H2,1H3,(H,19,20). The fraction of sp³-hybridized carbons (Fsp3) is 0.471. The van der Waals surface area contributed by atoms with Gasteiger partial charge in [-0.2, -0.15) is 0 Å². The lowest BCUT2D eigenvalue weighted by Crippen LogP contribution is -2.26. The highest BCUT2D eigenvalue weighted by Gasteiger charge is 2.30. The Labute approximate surface area is 130 Å². The Balaban J connectivity index is 2.04. The van der Waals surface area contributed by atoms with Crippen LogP contribution in [0.25, 0.3) is 0 Å². The van der Waals surface area contributed by atoms with Crippen LogP contribution in [0.4, 0.5) is 0 Å². The van der Waals surface area contributed by atoms with Gasteiger partial charge in [0.1, 0.15) is 6.10 Å². The van der Waals surface area contributed by atoms with Gasteiger partial charge in [-0.1, -0.05) is 51.2 Å². The Bertz CT molecular complexity index is 550. The van der Waals surface area contributed by atoms with E-state index < -0.39 is 12.1 Å². The zero-order chi connectivity index (χ0) is 15.9. The fourth-order valence-electron chi connectivity index (χ4n) is 2.38. The number of para-hydroxylation sites is 2. The summed E-state index contributed by atoms with van der Waals surface area (Å²) in [5.74, 6) is -0.817. The molecule has 0 radical (unpaired) electrons. The molecule has 0 fully saturated rings. The summed E-state index contributed by atoms with van der Waals surface area (Å²) < 4.78 is 10.9. The van der Waals surface area contributed by atoms with Crippen molar-refractivity contribution in [2.24, 2.45) is 0 Å². The molecule has 1 aliphatic heterocycles. The summed E-state index contributed by atoms with van der Waals surface area (Å²) in [5.41, 5.74) is 0. The first-order chi connectivity index (χ1) is 10.6. The van der Waals surface area contributed by atoms with Crippen LogP contribution in [0.1, 0.15) is 45.4 Å². The first kappa shape index (κ1) is 16.4. The molecule has 0 aromatic heterocycles. The molecule has 2 rings (SSSR count). The first-order valence-electron chi connectivity index (χ1n) is 7.73. The molecule has 0 amide bonds. The molecular weight excluding hydrogens is 284 g/mol. The van der Waals surface area contributed by atoms with E-state index in [9.17, 15) is 15.0 Å². The highest BCUT2D eigenvalue weighted by atomic mass is 16.6. The Morgan fingerprint density at radius 3 is 2.36 bits per heavy atom. The van der Waals surface area contributed by atoms with Crippen LogP contribution >= 0.6 is 0 Å². The molecule has 22 heavy (non-hydrogen) atoms. The van der Waals surface area contributed by atoms with Gasteiger partial charge < -0.3 is 19.7 Å². The number of hydrogen-bond acceptors (Lipinski definition) is 4. The van der Waals surface area contributed by atoms with Gasteiger partial charge in [-0.3, -0.25) is 0 Å². The average molecular weight is 306 g/mol. The fourth-order valence-corrected chi connectivity index (χ4v) is 2.38. The van der Waals surface area contributed by atoms with Gasteiger partial charge in [0, 0.05) is 0 Å². The number of carboxylic acids is 1. The van der Waals surface area contributed by atoms with Crippen molar-refractivity contribution >= 4 is 5.97 Å². The van der Waals surface area contributed by atoms with Crippen molar-refractivity contribution < 1.29 is 24.5 Å². The number of carboxylic acid groups (broad SMARTS) is 1. The van der Waals surface area contributed by atoms with Crippen molar-refractivity contribution in [3.05, 3.63) is 35.8 Å². The molecule has 0 spiro atoms. The number of aliphatic hydroxyl groups is 1. The van der Waals surface area contributed by atoms with Gasteiger partial charge in [-0.15, -0.1) is 0 Å². The molecule has 1 aromatic rings. The van der Waals surface area contributed by atoms with Gasteiger partial charge in [-0.25, -0.2) is 4.79 Å². The summed E-state index contributed by atoms with van der Waals surface area (Å²) in [5, 5.41) is 19.5. The normalized spacial score (nSPS) is 14.8. The smallest absolute Gasteiger partial charge is 0.375 e. The quantitative estimate of drug-likeness (QED) is 0.719. The molecule has 0 aliphatic carbocycles. The van der Waals surface area contributed by atoms with Crippen LogP contribution < -0.4 is 9.47 Å². The molecule has 0 bridgehead atoms.